The Morgan fingerprint density at radius 3 is 2.83 bits per heavy atom. The molecule has 2 rings (SSSR count). The molecule has 1 aliphatic rings. The van der Waals surface area contributed by atoms with Crippen LogP contribution in [0, 0.1) is 6.92 Å². The summed E-state index contributed by atoms with van der Waals surface area (Å²) >= 11 is 0. The number of rotatable bonds is 4. The molecule has 1 heterocycles. The first-order chi connectivity index (χ1) is 8.56. The molecule has 18 heavy (non-hydrogen) atoms. The molecule has 0 bridgehead atoms. The summed E-state index contributed by atoms with van der Waals surface area (Å²) < 4.78 is 1.86. The van der Waals surface area contributed by atoms with Gasteiger partial charge in [-0.15, -0.1) is 0 Å². The van der Waals surface area contributed by atoms with Crippen molar-refractivity contribution >= 4 is 5.91 Å². The largest absolute Gasteiger partial charge is 0.352 e. The third-order valence-electron chi connectivity index (χ3n) is 3.50. The molecule has 0 aromatic carbocycles. The van der Waals surface area contributed by atoms with Gasteiger partial charge in [-0.05, 0) is 26.7 Å². The lowest BCUT2D eigenvalue weighted by Crippen LogP contribution is -2.35. The molecule has 3 N–H and O–H groups in total. The number of hydrogen-bond donors (Lipinski definition) is 2. The van der Waals surface area contributed by atoms with Crippen LogP contribution in [0.2, 0.25) is 0 Å². The van der Waals surface area contributed by atoms with Crippen LogP contribution in [-0.2, 0) is 11.3 Å². The number of aryl methyl sites for hydroxylation is 1. The van der Waals surface area contributed by atoms with E-state index in [1.165, 1.54) is 12.8 Å². The van der Waals surface area contributed by atoms with Gasteiger partial charge in [0.25, 0.3) is 0 Å². The summed E-state index contributed by atoms with van der Waals surface area (Å²) in [5.41, 5.74) is 6.62. The number of carbonyl (C=O) groups excluding carboxylic acids is 1. The zero-order valence-corrected chi connectivity index (χ0v) is 11.1. The van der Waals surface area contributed by atoms with Gasteiger partial charge in [-0.3, -0.25) is 4.79 Å². The number of hydrogen-bond acceptors (Lipinski definition) is 3. The van der Waals surface area contributed by atoms with Gasteiger partial charge in [0.1, 0.15) is 12.4 Å². The molecule has 1 aromatic rings. The van der Waals surface area contributed by atoms with Gasteiger partial charge in [0.2, 0.25) is 5.91 Å². The Bertz CT molecular complexity index is 419. The fourth-order valence-electron chi connectivity index (χ4n) is 2.41. The van der Waals surface area contributed by atoms with Gasteiger partial charge in [0, 0.05) is 18.3 Å². The Morgan fingerprint density at radius 1 is 1.61 bits per heavy atom. The second kappa shape index (κ2) is 5.52. The zero-order chi connectivity index (χ0) is 13.1. The summed E-state index contributed by atoms with van der Waals surface area (Å²) in [4.78, 5) is 16.3. The number of nitrogens with zero attached hydrogens (tertiary/aromatic N) is 2. The predicted octanol–water partition coefficient (Wildman–Crippen LogP) is 1.27. The third kappa shape index (κ3) is 3.10. The Balaban J connectivity index is 1.93. The second-order valence-electron chi connectivity index (χ2n) is 5.18. The van der Waals surface area contributed by atoms with Crippen LogP contribution in [0.15, 0.2) is 6.20 Å². The number of aromatic nitrogens is 2. The lowest BCUT2D eigenvalue weighted by Gasteiger charge is -2.12. The minimum Gasteiger partial charge on any atom is -0.352 e. The van der Waals surface area contributed by atoms with Gasteiger partial charge in [-0.2, -0.15) is 0 Å². The molecule has 100 valence electrons. The van der Waals surface area contributed by atoms with E-state index in [2.05, 4.69) is 10.3 Å². The lowest BCUT2D eigenvalue weighted by atomic mass is 10.2. The maximum Gasteiger partial charge on any atom is 0.240 e. The Hall–Kier alpha value is -1.36. The average Bonchev–Trinajstić information content (AvgIpc) is 2.89. The first-order valence-corrected chi connectivity index (χ1v) is 6.65. The van der Waals surface area contributed by atoms with E-state index in [0.29, 0.717) is 12.6 Å². The molecule has 0 unspecified atom stereocenters. The van der Waals surface area contributed by atoms with Crippen molar-refractivity contribution in [2.24, 2.45) is 5.73 Å². The molecule has 1 atom stereocenters. The first kappa shape index (κ1) is 13.1. The molecule has 0 aliphatic heterocycles. The SMILES string of the molecule is Cc1nc([C@H](C)N)cn1CC(=O)NC1CCCC1. The molecule has 5 nitrogen and oxygen atoms in total. The Labute approximate surface area is 108 Å². The van der Waals surface area contributed by atoms with E-state index >= 15 is 0 Å². The van der Waals surface area contributed by atoms with Crippen molar-refractivity contribution in [3.63, 3.8) is 0 Å². The summed E-state index contributed by atoms with van der Waals surface area (Å²) in [5.74, 6) is 0.905. The van der Waals surface area contributed by atoms with Crippen LogP contribution < -0.4 is 11.1 Å². The standard InChI is InChI=1S/C13H22N4O/c1-9(14)12-7-17(10(2)15-12)8-13(18)16-11-5-3-4-6-11/h7,9,11H,3-6,8,14H2,1-2H3,(H,16,18)/t9-/m0/s1. The van der Waals surface area contributed by atoms with E-state index in [1.807, 2.05) is 24.6 Å². The number of nitrogens with two attached hydrogens (primary N) is 1. The molecule has 0 radical (unpaired) electrons. The van der Waals surface area contributed by atoms with Crippen molar-refractivity contribution in [2.45, 2.75) is 58.2 Å². The van der Waals surface area contributed by atoms with E-state index in [-0.39, 0.29) is 11.9 Å². The lowest BCUT2D eigenvalue weighted by molar-refractivity contribution is -0.122. The molecule has 1 aliphatic carbocycles. The second-order valence-corrected chi connectivity index (χ2v) is 5.18. The van der Waals surface area contributed by atoms with E-state index in [4.69, 9.17) is 5.73 Å². The zero-order valence-electron chi connectivity index (χ0n) is 11.1. The summed E-state index contributed by atoms with van der Waals surface area (Å²) in [5, 5.41) is 3.07. The maximum absolute atomic E-state index is 11.9. The van der Waals surface area contributed by atoms with Crippen LogP contribution in [-0.4, -0.2) is 21.5 Å². The fourth-order valence-corrected chi connectivity index (χ4v) is 2.41. The minimum atomic E-state index is -0.0946. The molecule has 1 aromatic heterocycles. The highest BCUT2D eigenvalue weighted by Crippen LogP contribution is 2.17. The molecule has 1 saturated carbocycles. The molecule has 1 amide bonds. The van der Waals surface area contributed by atoms with Crippen molar-refractivity contribution in [3.05, 3.63) is 17.7 Å². The molecule has 1 fully saturated rings. The van der Waals surface area contributed by atoms with Crippen LogP contribution in [0.1, 0.15) is 50.2 Å². The van der Waals surface area contributed by atoms with Gasteiger partial charge in [0.05, 0.1) is 5.69 Å². The van der Waals surface area contributed by atoms with Crippen molar-refractivity contribution in [2.75, 3.05) is 0 Å². The predicted molar refractivity (Wildman–Crippen MR) is 70.0 cm³/mol. The highest BCUT2D eigenvalue weighted by atomic mass is 16.2. The van der Waals surface area contributed by atoms with Gasteiger partial charge >= 0.3 is 0 Å². The minimum absolute atomic E-state index is 0.0682. The maximum atomic E-state index is 11.9. The molecule has 0 saturated heterocycles. The van der Waals surface area contributed by atoms with Gasteiger partial charge in [-0.25, -0.2) is 4.98 Å². The fraction of sp³-hybridized carbons (Fsp3) is 0.692. The molecule has 5 heteroatoms. The smallest absolute Gasteiger partial charge is 0.240 e. The first-order valence-electron chi connectivity index (χ1n) is 6.65. The number of nitrogens with one attached hydrogen (secondary N) is 1. The van der Waals surface area contributed by atoms with Crippen molar-refractivity contribution in [3.8, 4) is 0 Å². The van der Waals surface area contributed by atoms with Gasteiger partial charge in [0.15, 0.2) is 0 Å². The van der Waals surface area contributed by atoms with Gasteiger partial charge in [-0.1, -0.05) is 12.8 Å². The highest BCUT2D eigenvalue weighted by Gasteiger charge is 2.18. The van der Waals surface area contributed by atoms with Crippen LogP contribution in [0.25, 0.3) is 0 Å². The average molecular weight is 250 g/mol. The third-order valence-corrected chi connectivity index (χ3v) is 3.50. The Morgan fingerprint density at radius 2 is 2.28 bits per heavy atom. The number of amides is 1. The van der Waals surface area contributed by atoms with E-state index in [9.17, 15) is 4.79 Å². The van der Waals surface area contributed by atoms with E-state index in [0.717, 1.165) is 24.4 Å². The van der Waals surface area contributed by atoms with Crippen LogP contribution in [0.5, 0.6) is 0 Å². The summed E-state index contributed by atoms with van der Waals surface area (Å²) in [6, 6.07) is 0.275. The van der Waals surface area contributed by atoms with Crippen molar-refractivity contribution < 1.29 is 4.79 Å². The van der Waals surface area contributed by atoms with Crippen molar-refractivity contribution in [1.82, 2.24) is 14.9 Å². The number of carbonyl (C=O) groups is 1. The number of imidazole rings is 1. The summed E-state index contributed by atoms with van der Waals surface area (Å²) in [6.45, 7) is 4.13. The molecule has 0 spiro atoms. The summed E-state index contributed by atoms with van der Waals surface area (Å²) in [7, 11) is 0. The Kier molecular flexibility index (Phi) is 4.01. The quantitative estimate of drug-likeness (QED) is 0.845. The van der Waals surface area contributed by atoms with Crippen LogP contribution in [0.4, 0.5) is 0 Å². The van der Waals surface area contributed by atoms with Crippen LogP contribution >= 0.6 is 0 Å². The van der Waals surface area contributed by atoms with Crippen LogP contribution in [0.3, 0.4) is 0 Å². The van der Waals surface area contributed by atoms with E-state index in [1.54, 1.807) is 0 Å². The van der Waals surface area contributed by atoms with Gasteiger partial charge < -0.3 is 15.6 Å². The van der Waals surface area contributed by atoms with E-state index < -0.39 is 0 Å². The topological polar surface area (TPSA) is 72.9 Å². The van der Waals surface area contributed by atoms with Crippen molar-refractivity contribution in [1.29, 1.82) is 0 Å². The highest BCUT2D eigenvalue weighted by molar-refractivity contribution is 5.76. The normalized spacial score (nSPS) is 17.9. The monoisotopic (exact) mass is 250 g/mol. The molecular weight excluding hydrogens is 228 g/mol. The summed E-state index contributed by atoms with van der Waals surface area (Å²) in [6.07, 6.45) is 6.54. The molecular formula is C13H22N4O.